The molecule has 0 radical (unpaired) electrons. The van der Waals surface area contributed by atoms with Crippen LogP contribution in [0.2, 0.25) is 0 Å². The lowest BCUT2D eigenvalue weighted by Crippen LogP contribution is -2.01. The first-order valence-corrected chi connectivity index (χ1v) is 8.62. The van der Waals surface area contributed by atoms with Gasteiger partial charge >= 0.3 is 5.97 Å². The average molecular weight is 394 g/mol. The second kappa shape index (κ2) is 8.50. The van der Waals surface area contributed by atoms with Gasteiger partial charge in [-0.2, -0.15) is 0 Å². The fraction of sp³-hybridized carbons (Fsp3) is 0.188. The Morgan fingerprint density at radius 1 is 1.38 bits per heavy atom. The monoisotopic (exact) mass is 394 g/mol. The number of carbonyl (C=O) groups is 2. The van der Waals surface area contributed by atoms with Crippen LogP contribution >= 0.6 is 23.6 Å². The Bertz CT molecular complexity index is 944. The summed E-state index contributed by atoms with van der Waals surface area (Å²) < 4.78 is 1.68. The van der Waals surface area contributed by atoms with Gasteiger partial charge in [0.1, 0.15) is 0 Å². The molecule has 8 nitrogen and oxygen atoms in total. The summed E-state index contributed by atoms with van der Waals surface area (Å²) in [5.41, 5.74) is -0.0694. The summed E-state index contributed by atoms with van der Waals surface area (Å²) in [5.74, 6) is -1.16. The fourth-order valence-corrected chi connectivity index (χ4v) is 3.60. The number of carboxylic acid groups (broad SMARTS) is 1. The van der Waals surface area contributed by atoms with Gasteiger partial charge in [0.15, 0.2) is 10.2 Å². The number of carboxylic acids is 1. The summed E-state index contributed by atoms with van der Waals surface area (Å²) in [7, 11) is 0. The van der Waals surface area contributed by atoms with Gasteiger partial charge in [0, 0.05) is 24.6 Å². The Kier molecular flexibility index (Phi) is 6.36. The van der Waals surface area contributed by atoms with Crippen LogP contribution in [0.4, 0.5) is 5.69 Å². The van der Waals surface area contributed by atoms with E-state index in [1.807, 2.05) is 0 Å². The molecule has 1 heterocycles. The van der Waals surface area contributed by atoms with Crippen molar-refractivity contribution in [3.63, 3.8) is 0 Å². The minimum absolute atomic E-state index is 0.0292. The number of carbonyl (C=O) groups excluding carboxylic acids is 1. The Hall–Kier alpha value is -2.85. The molecule has 0 aliphatic carbocycles. The van der Waals surface area contributed by atoms with Crippen molar-refractivity contribution in [3.8, 4) is 5.88 Å². The van der Waals surface area contributed by atoms with E-state index in [0.29, 0.717) is 10.2 Å². The van der Waals surface area contributed by atoms with Crippen molar-refractivity contribution in [2.75, 3.05) is 0 Å². The molecule has 0 aliphatic rings. The number of hydrogen-bond acceptors (Lipinski definition) is 7. The van der Waals surface area contributed by atoms with E-state index in [1.54, 1.807) is 6.07 Å². The molecular formula is C16H14N2O6S2. The van der Waals surface area contributed by atoms with Crippen LogP contribution in [0.15, 0.2) is 24.3 Å². The highest BCUT2D eigenvalue weighted by Gasteiger charge is 2.18. The van der Waals surface area contributed by atoms with Crippen molar-refractivity contribution < 1.29 is 24.7 Å². The molecule has 0 atom stereocenters. The van der Waals surface area contributed by atoms with Crippen LogP contribution in [0.1, 0.15) is 23.3 Å². The van der Waals surface area contributed by atoms with Gasteiger partial charge in [0.25, 0.3) is 5.69 Å². The van der Waals surface area contributed by atoms with Crippen molar-refractivity contribution in [2.24, 2.45) is 0 Å². The zero-order chi connectivity index (χ0) is 19.3. The zero-order valence-electron chi connectivity index (χ0n) is 13.3. The quantitative estimate of drug-likeness (QED) is 0.231. The van der Waals surface area contributed by atoms with Gasteiger partial charge in [0.05, 0.1) is 15.4 Å². The number of nitro benzene ring substituents is 1. The standard InChI is InChI=1S/C16H14N2O6S2/c19-9-10(11-4-1-2-5-12(11)18(23)24)8-13-15(22)17(16(25)26-13)7-3-6-14(20)21/h1-2,4-5,8-9,22H,3,6-7H2,(H,20,21)/b10-8+. The predicted molar refractivity (Wildman–Crippen MR) is 98.7 cm³/mol. The zero-order valence-corrected chi connectivity index (χ0v) is 15.0. The van der Waals surface area contributed by atoms with Gasteiger partial charge in [0.2, 0.25) is 5.88 Å². The number of aromatic nitrogens is 1. The number of hydrogen-bond donors (Lipinski definition) is 2. The van der Waals surface area contributed by atoms with Gasteiger partial charge in [-0.1, -0.05) is 12.1 Å². The first kappa shape index (κ1) is 19.5. The molecule has 0 saturated heterocycles. The number of nitro groups is 1. The number of allylic oxidation sites excluding steroid dienone is 1. The van der Waals surface area contributed by atoms with Crippen molar-refractivity contribution >= 4 is 53.1 Å². The second-order valence-corrected chi connectivity index (χ2v) is 6.87. The van der Waals surface area contributed by atoms with E-state index in [9.17, 15) is 24.8 Å². The number of para-hydroxylation sites is 1. The number of thiazole rings is 1. The van der Waals surface area contributed by atoms with Crippen LogP contribution in [0.25, 0.3) is 11.6 Å². The summed E-state index contributed by atoms with van der Waals surface area (Å²) in [6.07, 6.45) is 2.01. The van der Waals surface area contributed by atoms with Crippen molar-refractivity contribution in [1.82, 2.24) is 4.57 Å². The molecular weight excluding hydrogens is 380 g/mol. The van der Waals surface area contributed by atoms with Gasteiger partial charge in [-0.3, -0.25) is 24.3 Å². The molecule has 2 N–H and O–H groups in total. The summed E-state index contributed by atoms with van der Waals surface area (Å²) in [5, 5.41) is 30.1. The van der Waals surface area contributed by atoms with Gasteiger partial charge < -0.3 is 10.2 Å². The number of aliphatic carboxylic acids is 1. The predicted octanol–water partition coefficient (Wildman–Crippen LogP) is 3.50. The summed E-state index contributed by atoms with van der Waals surface area (Å²) in [4.78, 5) is 32.9. The van der Waals surface area contributed by atoms with Crippen molar-refractivity contribution in [3.05, 3.63) is 48.8 Å². The molecule has 0 saturated carbocycles. The largest absolute Gasteiger partial charge is 0.493 e. The Labute approximate surface area is 156 Å². The normalized spacial score (nSPS) is 11.3. The number of rotatable bonds is 8. The van der Waals surface area contributed by atoms with Crippen LogP contribution in [0.5, 0.6) is 5.88 Å². The molecule has 1 aromatic carbocycles. The highest BCUT2D eigenvalue weighted by Crippen LogP contribution is 2.32. The molecule has 2 rings (SSSR count). The first-order valence-electron chi connectivity index (χ1n) is 7.40. The highest BCUT2D eigenvalue weighted by atomic mass is 32.1. The van der Waals surface area contributed by atoms with E-state index < -0.39 is 10.9 Å². The van der Waals surface area contributed by atoms with Crippen LogP contribution in [-0.2, 0) is 16.1 Å². The maximum Gasteiger partial charge on any atom is 0.303 e. The molecule has 10 heteroatoms. The van der Waals surface area contributed by atoms with Gasteiger partial charge in [-0.05, 0) is 30.8 Å². The average Bonchev–Trinajstić information content (AvgIpc) is 2.86. The lowest BCUT2D eigenvalue weighted by Gasteiger charge is -2.04. The number of benzene rings is 1. The van der Waals surface area contributed by atoms with E-state index in [-0.39, 0.29) is 47.0 Å². The SMILES string of the molecule is O=C/C(=C\c1sc(=S)n(CCCC(=O)O)c1O)c1ccccc1[N+](=O)[O-]. The molecule has 0 amide bonds. The van der Waals surface area contributed by atoms with Gasteiger partial charge in [-0.15, -0.1) is 11.3 Å². The maximum atomic E-state index is 11.5. The van der Waals surface area contributed by atoms with E-state index in [2.05, 4.69) is 0 Å². The third kappa shape index (κ3) is 4.41. The lowest BCUT2D eigenvalue weighted by atomic mass is 10.0. The molecule has 26 heavy (non-hydrogen) atoms. The molecule has 0 unspecified atom stereocenters. The Morgan fingerprint density at radius 2 is 2.08 bits per heavy atom. The minimum atomic E-state index is -0.953. The third-order valence-corrected chi connectivity index (χ3v) is 4.88. The summed E-state index contributed by atoms with van der Waals surface area (Å²) in [6, 6.07) is 5.78. The van der Waals surface area contributed by atoms with E-state index in [0.717, 1.165) is 11.3 Å². The van der Waals surface area contributed by atoms with Gasteiger partial charge in [-0.25, -0.2) is 0 Å². The second-order valence-electron chi connectivity index (χ2n) is 5.20. The smallest absolute Gasteiger partial charge is 0.303 e. The number of aldehydes is 1. The molecule has 0 spiro atoms. The molecule has 136 valence electrons. The van der Waals surface area contributed by atoms with Crippen molar-refractivity contribution in [1.29, 1.82) is 0 Å². The summed E-state index contributed by atoms with van der Waals surface area (Å²) >= 11 is 6.19. The minimum Gasteiger partial charge on any atom is -0.493 e. The fourth-order valence-electron chi connectivity index (χ4n) is 2.29. The Morgan fingerprint density at radius 3 is 2.69 bits per heavy atom. The molecule has 1 aromatic heterocycles. The lowest BCUT2D eigenvalue weighted by molar-refractivity contribution is -0.385. The van der Waals surface area contributed by atoms with E-state index in [4.69, 9.17) is 17.3 Å². The maximum absolute atomic E-state index is 11.5. The topological polar surface area (TPSA) is 123 Å². The highest BCUT2D eigenvalue weighted by molar-refractivity contribution is 7.73. The van der Waals surface area contributed by atoms with Crippen LogP contribution < -0.4 is 0 Å². The van der Waals surface area contributed by atoms with Crippen LogP contribution in [-0.4, -0.2) is 32.0 Å². The van der Waals surface area contributed by atoms with Crippen molar-refractivity contribution in [2.45, 2.75) is 19.4 Å². The molecule has 0 aliphatic heterocycles. The number of aromatic hydroxyl groups is 1. The third-order valence-electron chi connectivity index (χ3n) is 3.49. The summed E-state index contributed by atoms with van der Waals surface area (Å²) in [6.45, 7) is 0.212. The molecule has 0 fully saturated rings. The first-order chi connectivity index (χ1) is 12.3. The molecule has 2 aromatic rings. The van der Waals surface area contributed by atoms with E-state index >= 15 is 0 Å². The number of nitrogens with zero attached hydrogens (tertiary/aromatic N) is 2. The molecule has 0 bridgehead atoms. The van der Waals surface area contributed by atoms with Crippen LogP contribution in [0.3, 0.4) is 0 Å². The van der Waals surface area contributed by atoms with Crippen LogP contribution in [0, 0.1) is 14.1 Å². The van der Waals surface area contributed by atoms with E-state index in [1.165, 1.54) is 28.8 Å². The Balaban J connectivity index is 2.42.